The van der Waals surface area contributed by atoms with E-state index in [4.69, 9.17) is 23.2 Å². The molecule has 3 nitrogen and oxygen atoms in total. The van der Waals surface area contributed by atoms with Crippen molar-refractivity contribution in [2.24, 2.45) is 0 Å². The van der Waals surface area contributed by atoms with E-state index in [1.165, 1.54) is 11.0 Å². The van der Waals surface area contributed by atoms with Crippen molar-refractivity contribution in [3.63, 3.8) is 0 Å². The normalized spacial score (nSPS) is 13.7. The van der Waals surface area contributed by atoms with Gasteiger partial charge in [0, 0.05) is 13.1 Å². The molecular formula is C19H19Cl2NO2. The number of hydrogen-bond acceptors (Lipinski definition) is 2. The third-order valence-electron chi connectivity index (χ3n) is 3.92. The Kier molecular flexibility index (Phi) is 6.44. The van der Waals surface area contributed by atoms with Crippen LogP contribution in [0.25, 0.3) is 6.08 Å². The van der Waals surface area contributed by atoms with Crippen molar-refractivity contribution in [2.75, 3.05) is 7.05 Å². The first-order valence-electron chi connectivity index (χ1n) is 7.53. The molecule has 0 radical (unpaired) electrons. The molecule has 0 saturated carbocycles. The molecule has 0 fully saturated rings. The summed E-state index contributed by atoms with van der Waals surface area (Å²) in [6.07, 6.45) is 2.37. The van der Waals surface area contributed by atoms with E-state index < -0.39 is 6.10 Å². The predicted octanol–water partition coefficient (Wildman–Crippen LogP) is 4.59. The van der Waals surface area contributed by atoms with Gasteiger partial charge in [0.05, 0.1) is 22.2 Å². The quantitative estimate of drug-likeness (QED) is 0.789. The molecule has 0 heterocycles. The number of hydrogen-bond donors (Lipinski definition) is 1. The lowest BCUT2D eigenvalue weighted by Gasteiger charge is -2.28. The van der Waals surface area contributed by atoms with E-state index in [0.717, 1.165) is 11.1 Å². The molecule has 0 spiro atoms. The van der Waals surface area contributed by atoms with Crippen LogP contribution in [-0.4, -0.2) is 29.0 Å². The Morgan fingerprint density at radius 1 is 1.12 bits per heavy atom. The summed E-state index contributed by atoms with van der Waals surface area (Å²) >= 11 is 11.8. The fraction of sp³-hybridized carbons (Fsp3) is 0.211. The summed E-state index contributed by atoms with van der Waals surface area (Å²) in [5, 5.41) is 11.3. The summed E-state index contributed by atoms with van der Waals surface area (Å²) in [5.74, 6) is -0.205. The molecule has 0 bridgehead atoms. The lowest BCUT2D eigenvalue weighted by atomic mass is 10.0. The van der Waals surface area contributed by atoms with E-state index in [2.05, 4.69) is 0 Å². The maximum absolute atomic E-state index is 12.3. The molecule has 2 aromatic rings. The number of halogens is 2. The fourth-order valence-corrected chi connectivity index (χ4v) is 2.55. The molecular weight excluding hydrogens is 345 g/mol. The lowest BCUT2D eigenvalue weighted by Crippen LogP contribution is -2.38. The van der Waals surface area contributed by atoms with Crippen molar-refractivity contribution < 1.29 is 9.90 Å². The zero-order chi connectivity index (χ0) is 17.7. The number of carbonyl (C=O) groups is 1. The highest BCUT2D eigenvalue weighted by Crippen LogP contribution is 2.23. The molecule has 0 aliphatic carbocycles. The number of rotatable bonds is 5. The van der Waals surface area contributed by atoms with Crippen molar-refractivity contribution in [3.8, 4) is 0 Å². The van der Waals surface area contributed by atoms with Crippen LogP contribution in [0.1, 0.15) is 24.2 Å². The van der Waals surface area contributed by atoms with Gasteiger partial charge in [-0.3, -0.25) is 4.79 Å². The van der Waals surface area contributed by atoms with Crippen LogP contribution >= 0.6 is 23.2 Å². The van der Waals surface area contributed by atoms with Gasteiger partial charge in [-0.15, -0.1) is 0 Å². The summed E-state index contributed by atoms with van der Waals surface area (Å²) < 4.78 is 0. The van der Waals surface area contributed by atoms with Gasteiger partial charge in [0.2, 0.25) is 5.91 Å². The topological polar surface area (TPSA) is 40.5 Å². The molecule has 2 rings (SSSR count). The van der Waals surface area contributed by atoms with Gasteiger partial charge >= 0.3 is 0 Å². The molecule has 0 aromatic heterocycles. The van der Waals surface area contributed by atoms with Gasteiger partial charge in [0.15, 0.2) is 0 Å². The number of aliphatic hydroxyl groups is 1. The van der Waals surface area contributed by atoms with Crippen LogP contribution in [0.3, 0.4) is 0 Å². The Hall–Kier alpha value is -1.81. The third kappa shape index (κ3) is 4.60. The van der Waals surface area contributed by atoms with Crippen LogP contribution in [0.15, 0.2) is 54.6 Å². The second kappa shape index (κ2) is 8.34. The Balaban J connectivity index is 2.05. The molecule has 126 valence electrons. The minimum Gasteiger partial charge on any atom is -0.386 e. The average Bonchev–Trinajstić information content (AvgIpc) is 2.61. The van der Waals surface area contributed by atoms with Crippen LogP contribution in [0, 0.1) is 0 Å². The smallest absolute Gasteiger partial charge is 0.246 e. The van der Waals surface area contributed by atoms with Crippen LogP contribution < -0.4 is 0 Å². The zero-order valence-electron chi connectivity index (χ0n) is 13.5. The highest BCUT2D eigenvalue weighted by Gasteiger charge is 2.22. The van der Waals surface area contributed by atoms with E-state index in [0.29, 0.717) is 10.0 Å². The van der Waals surface area contributed by atoms with Gasteiger partial charge in [-0.1, -0.05) is 59.6 Å². The summed E-state index contributed by atoms with van der Waals surface area (Å²) in [7, 11) is 1.67. The van der Waals surface area contributed by atoms with E-state index >= 15 is 0 Å². The fourth-order valence-electron chi connectivity index (χ4n) is 2.24. The molecule has 0 saturated heterocycles. The lowest BCUT2D eigenvalue weighted by molar-refractivity contribution is -0.128. The molecule has 2 atom stereocenters. The van der Waals surface area contributed by atoms with Gasteiger partial charge in [0.1, 0.15) is 0 Å². The van der Waals surface area contributed by atoms with Gasteiger partial charge in [-0.05, 0) is 36.3 Å². The van der Waals surface area contributed by atoms with Crippen molar-refractivity contribution in [1.82, 2.24) is 4.90 Å². The Labute approximate surface area is 152 Å². The molecule has 1 N–H and O–H groups in total. The second-order valence-corrected chi connectivity index (χ2v) is 6.37. The van der Waals surface area contributed by atoms with Crippen LogP contribution in [-0.2, 0) is 4.79 Å². The summed E-state index contributed by atoms with van der Waals surface area (Å²) in [6, 6.07) is 14.1. The first-order valence-corrected chi connectivity index (χ1v) is 8.28. The van der Waals surface area contributed by atoms with E-state index in [1.54, 1.807) is 31.3 Å². The molecule has 5 heteroatoms. The van der Waals surface area contributed by atoms with Crippen molar-refractivity contribution in [1.29, 1.82) is 0 Å². The Morgan fingerprint density at radius 3 is 2.42 bits per heavy atom. The highest BCUT2D eigenvalue weighted by molar-refractivity contribution is 6.42. The standard InChI is InChI=1S/C19H19Cl2NO2/c1-13(19(24)15-6-4-3-5-7-15)22(2)18(23)11-9-14-8-10-16(20)17(21)12-14/h3-13,19,24H,1-2H3/b11-9+/t13-,19+/m0/s1. The van der Waals surface area contributed by atoms with Crippen LogP contribution in [0.2, 0.25) is 10.0 Å². The number of benzene rings is 2. The predicted molar refractivity (Wildman–Crippen MR) is 99.1 cm³/mol. The van der Waals surface area contributed by atoms with Crippen molar-refractivity contribution in [2.45, 2.75) is 19.1 Å². The largest absolute Gasteiger partial charge is 0.386 e. The number of amides is 1. The van der Waals surface area contributed by atoms with Crippen molar-refractivity contribution in [3.05, 3.63) is 75.8 Å². The molecule has 1 amide bonds. The first-order chi connectivity index (χ1) is 11.4. The maximum atomic E-state index is 12.3. The van der Waals surface area contributed by atoms with E-state index in [9.17, 15) is 9.90 Å². The van der Waals surface area contributed by atoms with Crippen molar-refractivity contribution >= 4 is 35.2 Å². The third-order valence-corrected chi connectivity index (χ3v) is 4.66. The molecule has 0 aliphatic rings. The van der Waals surface area contributed by atoms with Gasteiger partial charge < -0.3 is 10.0 Å². The minimum atomic E-state index is -0.751. The van der Waals surface area contributed by atoms with E-state index in [1.807, 2.05) is 37.3 Å². The SMILES string of the molecule is C[C@@H]([C@@H](O)c1ccccc1)N(C)C(=O)/C=C/c1ccc(Cl)c(Cl)c1. The number of aliphatic hydroxyl groups excluding tert-OH is 1. The van der Waals surface area contributed by atoms with Crippen LogP contribution in [0.5, 0.6) is 0 Å². The maximum Gasteiger partial charge on any atom is 0.246 e. The van der Waals surface area contributed by atoms with Gasteiger partial charge in [0.25, 0.3) is 0 Å². The average molecular weight is 364 g/mol. The molecule has 24 heavy (non-hydrogen) atoms. The Morgan fingerprint density at radius 2 is 1.79 bits per heavy atom. The van der Waals surface area contributed by atoms with Crippen LogP contribution in [0.4, 0.5) is 0 Å². The molecule has 0 aliphatic heterocycles. The highest BCUT2D eigenvalue weighted by atomic mass is 35.5. The Bertz CT molecular complexity index is 731. The van der Waals surface area contributed by atoms with E-state index in [-0.39, 0.29) is 11.9 Å². The number of nitrogens with zero attached hydrogens (tertiary/aromatic N) is 1. The summed E-state index contributed by atoms with van der Waals surface area (Å²) in [6.45, 7) is 1.81. The minimum absolute atomic E-state index is 0.205. The zero-order valence-corrected chi connectivity index (χ0v) is 15.0. The van der Waals surface area contributed by atoms with Gasteiger partial charge in [-0.2, -0.15) is 0 Å². The molecule has 2 aromatic carbocycles. The molecule has 0 unspecified atom stereocenters. The van der Waals surface area contributed by atoms with Gasteiger partial charge in [-0.25, -0.2) is 0 Å². The summed E-state index contributed by atoms with van der Waals surface area (Å²) in [4.78, 5) is 13.8. The summed E-state index contributed by atoms with van der Waals surface area (Å²) in [5.41, 5.74) is 1.56. The monoisotopic (exact) mass is 363 g/mol. The second-order valence-electron chi connectivity index (χ2n) is 5.55. The number of carbonyl (C=O) groups excluding carboxylic acids is 1. The first kappa shape index (κ1) is 18.5. The number of likely N-dealkylation sites (N-methyl/N-ethyl adjacent to an activating group) is 1.